The maximum absolute atomic E-state index is 11.3. The SMILES string of the molecule is CCOCCCC(=O)NC(CC)CN. The Labute approximate surface area is 86.2 Å². The third-order valence-corrected chi connectivity index (χ3v) is 2.04. The van der Waals surface area contributed by atoms with Gasteiger partial charge in [0.1, 0.15) is 0 Å². The molecule has 0 radical (unpaired) electrons. The van der Waals surface area contributed by atoms with Crippen LogP contribution in [0.15, 0.2) is 0 Å². The fourth-order valence-electron chi connectivity index (χ4n) is 1.11. The van der Waals surface area contributed by atoms with Crippen molar-refractivity contribution in [3.8, 4) is 0 Å². The molecule has 4 nitrogen and oxygen atoms in total. The van der Waals surface area contributed by atoms with Crippen LogP contribution in [0.1, 0.15) is 33.1 Å². The molecule has 0 heterocycles. The van der Waals surface area contributed by atoms with Gasteiger partial charge >= 0.3 is 0 Å². The maximum Gasteiger partial charge on any atom is 0.220 e. The van der Waals surface area contributed by atoms with Gasteiger partial charge in [0.2, 0.25) is 5.91 Å². The number of carbonyl (C=O) groups excluding carboxylic acids is 1. The molecule has 84 valence electrons. The molecular formula is C10H22N2O2. The minimum Gasteiger partial charge on any atom is -0.382 e. The third-order valence-electron chi connectivity index (χ3n) is 2.04. The Bertz CT molecular complexity index is 147. The fourth-order valence-corrected chi connectivity index (χ4v) is 1.11. The number of hydrogen-bond donors (Lipinski definition) is 2. The summed E-state index contributed by atoms with van der Waals surface area (Å²) in [5.74, 6) is 0.0713. The van der Waals surface area contributed by atoms with E-state index in [9.17, 15) is 4.79 Å². The van der Waals surface area contributed by atoms with Crippen LogP contribution in [0.3, 0.4) is 0 Å². The summed E-state index contributed by atoms with van der Waals surface area (Å²) in [5.41, 5.74) is 5.47. The van der Waals surface area contributed by atoms with E-state index in [-0.39, 0.29) is 11.9 Å². The predicted octanol–water partition coefficient (Wildman–Crippen LogP) is 0.657. The monoisotopic (exact) mass is 202 g/mol. The molecule has 0 aromatic heterocycles. The second-order valence-corrected chi connectivity index (χ2v) is 3.21. The van der Waals surface area contributed by atoms with Crippen molar-refractivity contribution in [2.45, 2.75) is 39.2 Å². The molecule has 0 rings (SSSR count). The first-order valence-electron chi connectivity index (χ1n) is 5.31. The summed E-state index contributed by atoms with van der Waals surface area (Å²) in [6.07, 6.45) is 2.19. The van der Waals surface area contributed by atoms with Crippen LogP contribution >= 0.6 is 0 Å². The molecule has 0 aliphatic rings. The Kier molecular flexibility index (Phi) is 8.57. The van der Waals surface area contributed by atoms with Gasteiger partial charge in [0.25, 0.3) is 0 Å². The number of ether oxygens (including phenoxy) is 1. The van der Waals surface area contributed by atoms with Gasteiger partial charge in [-0.2, -0.15) is 0 Å². The van der Waals surface area contributed by atoms with Crippen molar-refractivity contribution in [1.82, 2.24) is 5.32 Å². The molecule has 0 aromatic carbocycles. The van der Waals surface area contributed by atoms with Crippen molar-refractivity contribution in [2.75, 3.05) is 19.8 Å². The van der Waals surface area contributed by atoms with Crippen LogP contribution in [0.5, 0.6) is 0 Å². The summed E-state index contributed by atoms with van der Waals surface area (Å²) in [6, 6.07) is 0.120. The van der Waals surface area contributed by atoms with Gasteiger partial charge in [-0.05, 0) is 19.8 Å². The molecule has 0 bridgehead atoms. The lowest BCUT2D eigenvalue weighted by Gasteiger charge is -2.14. The molecule has 0 fully saturated rings. The highest BCUT2D eigenvalue weighted by Crippen LogP contribution is 1.93. The van der Waals surface area contributed by atoms with Gasteiger partial charge in [-0.3, -0.25) is 4.79 Å². The average molecular weight is 202 g/mol. The maximum atomic E-state index is 11.3. The topological polar surface area (TPSA) is 64.3 Å². The van der Waals surface area contributed by atoms with E-state index in [1.54, 1.807) is 0 Å². The normalized spacial score (nSPS) is 12.5. The van der Waals surface area contributed by atoms with Crippen LogP contribution in [-0.4, -0.2) is 31.7 Å². The van der Waals surface area contributed by atoms with E-state index < -0.39 is 0 Å². The molecule has 1 unspecified atom stereocenters. The predicted molar refractivity (Wildman–Crippen MR) is 57.0 cm³/mol. The zero-order valence-electron chi connectivity index (χ0n) is 9.21. The summed E-state index contributed by atoms with van der Waals surface area (Å²) in [7, 11) is 0. The van der Waals surface area contributed by atoms with Crippen LogP contribution in [0.2, 0.25) is 0 Å². The molecule has 0 aliphatic heterocycles. The molecule has 3 N–H and O–H groups in total. The molecule has 0 spiro atoms. The van der Waals surface area contributed by atoms with Crippen LogP contribution in [-0.2, 0) is 9.53 Å². The second-order valence-electron chi connectivity index (χ2n) is 3.21. The molecular weight excluding hydrogens is 180 g/mol. The zero-order chi connectivity index (χ0) is 10.8. The average Bonchev–Trinajstić information content (AvgIpc) is 2.21. The highest BCUT2D eigenvalue weighted by molar-refractivity contribution is 5.76. The van der Waals surface area contributed by atoms with E-state index in [2.05, 4.69) is 5.32 Å². The van der Waals surface area contributed by atoms with Crippen molar-refractivity contribution in [2.24, 2.45) is 5.73 Å². The van der Waals surface area contributed by atoms with Crippen LogP contribution in [0.4, 0.5) is 0 Å². The molecule has 0 aromatic rings. The molecule has 0 saturated heterocycles. The first-order chi connectivity index (χ1) is 6.74. The van der Waals surface area contributed by atoms with Gasteiger partial charge in [-0.25, -0.2) is 0 Å². The minimum atomic E-state index is 0.0713. The van der Waals surface area contributed by atoms with Crippen molar-refractivity contribution >= 4 is 5.91 Å². The molecule has 0 aliphatic carbocycles. The van der Waals surface area contributed by atoms with Crippen LogP contribution in [0.25, 0.3) is 0 Å². The van der Waals surface area contributed by atoms with Gasteiger partial charge in [0.05, 0.1) is 0 Å². The number of hydrogen-bond acceptors (Lipinski definition) is 3. The number of rotatable bonds is 8. The number of carbonyl (C=O) groups is 1. The third kappa shape index (κ3) is 6.86. The van der Waals surface area contributed by atoms with Gasteiger partial charge < -0.3 is 15.8 Å². The Balaban J connectivity index is 3.44. The molecule has 1 amide bonds. The molecule has 1 atom stereocenters. The lowest BCUT2D eigenvalue weighted by molar-refractivity contribution is -0.122. The highest BCUT2D eigenvalue weighted by atomic mass is 16.5. The van der Waals surface area contributed by atoms with E-state index in [4.69, 9.17) is 10.5 Å². The highest BCUT2D eigenvalue weighted by Gasteiger charge is 2.07. The van der Waals surface area contributed by atoms with Gasteiger partial charge in [0.15, 0.2) is 0 Å². The Morgan fingerprint density at radius 1 is 1.50 bits per heavy atom. The van der Waals surface area contributed by atoms with Crippen molar-refractivity contribution in [1.29, 1.82) is 0 Å². The first kappa shape index (κ1) is 13.4. The Hall–Kier alpha value is -0.610. The smallest absolute Gasteiger partial charge is 0.220 e. The van der Waals surface area contributed by atoms with Gasteiger partial charge in [-0.15, -0.1) is 0 Å². The van der Waals surface area contributed by atoms with Crippen molar-refractivity contribution in [3.05, 3.63) is 0 Å². The number of amides is 1. The summed E-state index contributed by atoms with van der Waals surface area (Å²) in [6.45, 7) is 5.83. The minimum absolute atomic E-state index is 0.0713. The number of nitrogens with one attached hydrogen (secondary N) is 1. The van der Waals surface area contributed by atoms with Gasteiger partial charge in [-0.1, -0.05) is 6.92 Å². The molecule has 14 heavy (non-hydrogen) atoms. The summed E-state index contributed by atoms with van der Waals surface area (Å²) < 4.78 is 5.14. The van der Waals surface area contributed by atoms with Crippen LogP contribution in [0, 0.1) is 0 Å². The zero-order valence-corrected chi connectivity index (χ0v) is 9.21. The van der Waals surface area contributed by atoms with E-state index in [1.165, 1.54) is 0 Å². The second kappa shape index (κ2) is 8.97. The van der Waals surface area contributed by atoms with E-state index in [0.717, 1.165) is 12.8 Å². The van der Waals surface area contributed by atoms with Gasteiger partial charge in [0, 0.05) is 32.2 Å². The lowest BCUT2D eigenvalue weighted by Crippen LogP contribution is -2.39. The fraction of sp³-hybridized carbons (Fsp3) is 0.900. The quantitative estimate of drug-likeness (QED) is 0.568. The lowest BCUT2D eigenvalue weighted by atomic mass is 10.2. The largest absolute Gasteiger partial charge is 0.382 e. The molecule has 0 saturated carbocycles. The summed E-state index contributed by atoms with van der Waals surface area (Å²) >= 11 is 0. The molecule has 4 heteroatoms. The van der Waals surface area contributed by atoms with Crippen molar-refractivity contribution in [3.63, 3.8) is 0 Å². The Morgan fingerprint density at radius 2 is 2.21 bits per heavy atom. The van der Waals surface area contributed by atoms with E-state index >= 15 is 0 Å². The standard InChI is InChI=1S/C10H22N2O2/c1-3-9(8-11)12-10(13)6-5-7-14-4-2/h9H,3-8,11H2,1-2H3,(H,12,13). The van der Waals surface area contributed by atoms with E-state index in [0.29, 0.717) is 26.2 Å². The summed E-state index contributed by atoms with van der Waals surface area (Å²) in [4.78, 5) is 11.3. The van der Waals surface area contributed by atoms with Crippen LogP contribution < -0.4 is 11.1 Å². The van der Waals surface area contributed by atoms with Crippen molar-refractivity contribution < 1.29 is 9.53 Å². The van der Waals surface area contributed by atoms with E-state index in [1.807, 2.05) is 13.8 Å². The summed E-state index contributed by atoms with van der Waals surface area (Å²) in [5, 5.41) is 2.87. The Morgan fingerprint density at radius 3 is 2.71 bits per heavy atom. The first-order valence-corrected chi connectivity index (χ1v) is 5.31. The number of nitrogens with two attached hydrogens (primary N) is 1.